The second-order valence-corrected chi connectivity index (χ2v) is 3.91. The van der Waals surface area contributed by atoms with Gasteiger partial charge in [0.2, 0.25) is 0 Å². The molecule has 1 heteroatoms. The molecule has 0 saturated heterocycles. The predicted octanol–water partition coefficient (Wildman–Crippen LogP) is 3.15. The molecule has 1 aromatic rings. The molecule has 1 nitrogen and oxygen atoms in total. The highest BCUT2D eigenvalue weighted by molar-refractivity contribution is 5.36. The summed E-state index contributed by atoms with van der Waals surface area (Å²) in [4.78, 5) is 0. The van der Waals surface area contributed by atoms with Gasteiger partial charge in [-0.2, -0.15) is 0 Å². The molecule has 0 aliphatic rings. The highest BCUT2D eigenvalue weighted by atomic mass is 16.3. The minimum atomic E-state index is 0.452. The Bertz CT molecular complexity index is 276. The Morgan fingerprint density at radius 1 is 1.31 bits per heavy atom. The van der Waals surface area contributed by atoms with Crippen LogP contribution in [0.4, 0.5) is 0 Å². The minimum absolute atomic E-state index is 0.452. The van der Waals surface area contributed by atoms with Crippen molar-refractivity contribution in [3.63, 3.8) is 0 Å². The third-order valence-corrected chi connectivity index (χ3v) is 2.19. The van der Waals surface area contributed by atoms with Crippen LogP contribution in [0.25, 0.3) is 0 Å². The standard InChI is InChI=1S/C12H18O/c1-4-10-5-6-11(7-9(2)3)12(13)8-10/h5-6,8-9,13H,4,7H2,1-3H3. The third kappa shape index (κ3) is 2.76. The van der Waals surface area contributed by atoms with Crippen LogP contribution in [0.2, 0.25) is 0 Å². The first-order valence-electron chi connectivity index (χ1n) is 4.94. The van der Waals surface area contributed by atoms with Gasteiger partial charge in [0.05, 0.1) is 0 Å². The second kappa shape index (κ2) is 4.31. The Morgan fingerprint density at radius 2 is 2.00 bits per heavy atom. The van der Waals surface area contributed by atoms with Crippen LogP contribution < -0.4 is 0 Å². The number of hydrogen-bond acceptors (Lipinski definition) is 1. The zero-order valence-electron chi connectivity index (χ0n) is 8.67. The minimum Gasteiger partial charge on any atom is -0.508 e. The summed E-state index contributed by atoms with van der Waals surface area (Å²) in [5, 5.41) is 9.67. The lowest BCUT2D eigenvalue weighted by atomic mass is 10.00. The molecule has 1 N–H and O–H groups in total. The maximum atomic E-state index is 9.67. The van der Waals surface area contributed by atoms with E-state index >= 15 is 0 Å². The molecule has 0 radical (unpaired) electrons. The number of aryl methyl sites for hydroxylation is 1. The number of aromatic hydroxyl groups is 1. The van der Waals surface area contributed by atoms with Gasteiger partial charge in [-0.25, -0.2) is 0 Å². The van der Waals surface area contributed by atoms with Gasteiger partial charge in [0.1, 0.15) is 5.75 Å². The van der Waals surface area contributed by atoms with Crippen LogP contribution in [0, 0.1) is 5.92 Å². The van der Waals surface area contributed by atoms with E-state index in [9.17, 15) is 5.11 Å². The van der Waals surface area contributed by atoms with Gasteiger partial charge in [-0.1, -0.05) is 32.9 Å². The summed E-state index contributed by atoms with van der Waals surface area (Å²) in [6.07, 6.45) is 1.94. The summed E-state index contributed by atoms with van der Waals surface area (Å²) in [5.74, 6) is 1.05. The summed E-state index contributed by atoms with van der Waals surface area (Å²) in [6, 6.07) is 6.00. The van der Waals surface area contributed by atoms with E-state index in [1.807, 2.05) is 12.1 Å². The maximum absolute atomic E-state index is 9.67. The van der Waals surface area contributed by atoms with E-state index in [0.717, 1.165) is 18.4 Å². The van der Waals surface area contributed by atoms with Crippen molar-refractivity contribution in [3.8, 4) is 5.75 Å². The van der Waals surface area contributed by atoms with Gasteiger partial charge in [0, 0.05) is 0 Å². The fraction of sp³-hybridized carbons (Fsp3) is 0.500. The van der Waals surface area contributed by atoms with Gasteiger partial charge in [-0.15, -0.1) is 0 Å². The average molecular weight is 178 g/mol. The molecule has 0 atom stereocenters. The molecule has 0 saturated carbocycles. The fourth-order valence-corrected chi connectivity index (χ4v) is 1.44. The summed E-state index contributed by atoms with van der Waals surface area (Å²) in [7, 11) is 0. The van der Waals surface area contributed by atoms with Crippen LogP contribution in [-0.2, 0) is 12.8 Å². The van der Waals surface area contributed by atoms with Crippen LogP contribution in [-0.4, -0.2) is 5.11 Å². The van der Waals surface area contributed by atoms with Crippen molar-refractivity contribution in [2.45, 2.75) is 33.6 Å². The molecule has 0 bridgehead atoms. The SMILES string of the molecule is CCc1ccc(CC(C)C)c(O)c1. The van der Waals surface area contributed by atoms with E-state index < -0.39 is 0 Å². The van der Waals surface area contributed by atoms with Gasteiger partial charge in [-0.05, 0) is 36.0 Å². The Morgan fingerprint density at radius 3 is 2.46 bits per heavy atom. The molecule has 0 aromatic heterocycles. The smallest absolute Gasteiger partial charge is 0.119 e. The molecule has 0 amide bonds. The number of benzene rings is 1. The summed E-state index contributed by atoms with van der Waals surface area (Å²) in [6.45, 7) is 6.41. The molecule has 0 heterocycles. The first-order chi connectivity index (χ1) is 6.13. The van der Waals surface area contributed by atoms with E-state index in [-0.39, 0.29) is 0 Å². The number of phenolic OH excluding ortho intramolecular Hbond substituents is 1. The monoisotopic (exact) mass is 178 g/mol. The molecular formula is C12H18O. The number of phenols is 1. The second-order valence-electron chi connectivity index (χ2n) is 3.91. The molecule has 1 aromatic carbocycles. The van der Waals surface area contributed by atoms with E-state index in [1.54, 1.807) is 0 Å². The van der Waals surface area contributed by atoms with Crippen molar-refractivity contribution >= 4 is 0 Å². The normalized spacial score (nSPS) is 10.8. The van der Waals surface area contributed by atoms with Crippen LogP contribution in [0.1, 0.15) is 31.9 Å². The van der Waals surface area contributed by atoms with Crippen molar-refractivity contribution in [1.82, 2.24) is 0 Å². The molecule has 13 heavy (non-hydrogen) atoms. The lowest BCUT2D eigenvalue weighted by Gasteiger charge is -2.08. The van der Waals surface area contributed by atoms with Gasteiger partial charge < -0.3 is 5.11 Å². The molecule has 0 aliphatic heterocycles. The predicted molar refractivity (Wildman–Crippen MR) is 56.0 cm³/mol. The van der Waals surface area contributed by atoms with Crippen molar-refractivity contribution in [1.29, 1.82) is 0 Å². The molecule has 72 valence electrons. The highest BCUT2D eigenvalue weighted by Gasteiger charge is 2.03. The Labute approximate surface area is 80.4 Å². The third-order valence-electron chi connectivity index (χ3n) is 2.19. The van der Waals surface area contributed by atoms with Crippen LogP contribution in [0.15, 0.2) is 18.2 Å². The first-order valence-corrected chi connectivity index (χ1v) is 4.94. The Kier molecular flexibility index (Phi) is 3.35. The van der Waals surface area contributed by atoms with Gasteiger partial charge >= 0.3 is 0 Å². The molecule has 0 fully saturated rings. The molecule has 0 spiro atoms. The van der Waals surface area contributed by atoms with E-state index in [0.29, 0.717) is 11.7 Å². The van der Waals surface area contributed by atoms with Crippen LogP contribution in [0.3, 0.4) is 0 Å². The van der Waals surface area contributed by atoms with E-state index in [4.69, 9.17) is 0 Å². The van der Waals surface area contributed by atoms with Crippen LogP contribution >= 0.6 is 0 Å². The Balaban J connectivity index is 2.85. The average Bonchev–Trinajstić information content (AvgIpc) is 2.08. The molecular weight excluding hydrogens is 160 g/mol. The fourth-order valence-electron chi connectivity index (χ4n) is 1.44. The number of rotatable bonds is 3. The zero-order chi connectivity index (χ0) is 9.84. The topological polar surface area (TPSA) is 20.2 Å². The molecule has 0 aliphatic carbocycles. The van der Waals surface area contributed by atoms with E-state index in [1.165, 1.54) is 5.56 Å². The summed E-state index contributed by atoms with van der Waals surface area (Å²) in [5.41, 5.74) is 2.26. The maximum Gasteiger partial charge on any atom is 0.119 e. The largest absolute Gasteiger partial charge is 0.508 e. The summed E-state index contributed by atoms with van der Waals surface area (Å²) >= 11 is 0. The van der Waals surface area contributed by atoms with Crippen molar-refractivity contribution in [3.05, 3.63) is 29.3 Å². The first kappa shape index (κ1) is 10.1. The lowest BCUT2D eigenvalue weighted by molar-refractivity contribution is 0.461. The molecule has 0 unspecified atom stereocenters. The summed E-state index contributed by atoms with van der Waals surface area (Å²) < 4.78 is 0. The molecule has 1 rings (SSSR count). The van der Waals surface area contributed by atoms with Gasteiger partial charge in [0.15, 0.2) is 0 Å². The van der Waals surface area contributed by atoms with Gasteiger partial charge in [-0.3, -0.25) is 0 Å². The lowest BCUT2D eigenvalue weighted by Crippen LogP contribution is -1.95. The van der Waals surface area contributed by atoms with Crippen molar-refractivity contribution in [2.75, 3.05) is 0 Å². The van der Waals surface area contributed by atoms with Crippen molar-refractivity contribution < 1.29 is 5.11 Å². The van der Waals surface area contributed by atoms with Crippen LogP contribution in [0.5, 0.6) is 5.75 Å². The zero-order valence-corrected chi connectivity index (χ0v) is 8.67. The quantitative estimate of drug-likeness (QED) is 0.753. The van der Waals surface area contributed by atoms with Crippen molar-refractivity contribution in [2.24, 2.45) is 5.92 Å². The number of hydrogen-bond donors (Lipinski definition) is 1. The van der Waals surface area contributed by atoms with E-state index in [2.05, 4.69) is 26.8 Å². The van der Waals surface area contributed by atoms with Gasteiger partial charge in [0.25, 0.3) is 0 Å². The Hall–Kier alpha value is -0.980. The highest BCUT2D eigenvalue weighted by Crippen LogP contribution is 2.21.